The standard InChI is InChI=1S/C10H10N2O2S2/c1-7-10(15-6-12-7)16(13,14)9-4-2-8(11)3-5-9/h2-6H,11H2,1H3. The molecule has 2 rings (SSSR count). The van der Waals surface area contributed by atoms with Crippen LogP contribution in [0, 0.1) is 6.92 Å². The molecule has 16 heavy (non-hydrogen) atoms. The predicted octanol–water partition coefficient (Wildman–Crippen LogP) is 1.87. The van der Waals surface area contributed by atoms with Crippen molar-refractivity contribution in [2.75, 3.05) is 5.73 Å². The van der Waals surface area contributed by atoms with Gasteiger partial charge in [0.05, 0.1) is 16.1 Å². The van der Waals surface area contributed by atoms with E-state index in [-0.39, 0.29) is 9.10 Å². The van der Waals surface area contributed by atoms with Gasteiger partial charge in [-0.1, -0.05) is 0 Å². The molecule has 0 saturated carbocycles. The Morgan fingerprint density at radius 1 is 1.25 bits per heavy atom. The van der Waals surface area contributed by atoms with Crippen LogP contribution in [0.25, 0.3) is 0 Å². The van der Waals surface area contributed by atoms with Crippen LogP contribution in [0.3, 0.4) is 0 Å². The topological polar surface area (TPSA) is 73.0 Å². The number of nitrogen functional groups attached to an aromatic ring is 1. The van der Waals surface area contributed by atoms with Crippen LogP contribution in [0.2, 0.25) is 0 Å². The van der Waals surface area contributed by atoms with Gasteiger partial charge in [-0.25, -0.2) is 13.4 Å². The minimum absolute atomic E-state index is 0.244. The minimum atomic E-state index is -3.44. The van der Waals surface area contributed by atoms with E-state index in [0.29, 0.717) is 11.4 Å². The van der Waals surface area contributed by atoms with E-state index in [4.69, 9.17) is 5.73 Å². The predicted molar refractivity (Wildman–Crippen MR) is 63.2 cm³/mol. The molecule has 84 valence electrons. The van der Waals surface area contributed by atoms with Crippen molar-refractivity contribution in [1.82, 2.24) is 4.98 Å². The number of nitrogens with two attached hydrogens (primary N) is 1. The number of rotatable bonds is 2. The van der Waals surface area contributed by atoms with E-state index in [9.17, 15) is 8.42 Å². The Morgan fingerprint density at radius 2 is 1.88 bits per heavy atom. The molecule has 1 heterocycles. The maximum atomic E-state index is 12.2. The van der Waals surface area contributed by atoms with Crippen LogP contribution < -0.4 is 5.73 Å². The third-order valence-corrected chi connectivity index (χ3v) is 5.48. The zero-order chi connectivity index (χ0) is 11.8. The SMILES string of the molecule is Cc1ncsc1S(=O)(=O)c1ccc(N)cc1. The highest BCUT2D eigenvalue weighted by Crippen LogP contribution is 2.27. The average molecular weight is 254 g/mol. The molecule has 0 amide bonds. The third-order valence-electron chi connectivity index (χ3n) is 2.14. The highest BCUT2D eigenvalue weighted by molar-refractivity contribution is 7.93. The van der Waals surface area contributed by atoms with Crippen molar-refractivity contribution in [2.24, 2.45) is 0 Å². The van der Waals surface area contributed by atoms with Gasteiger partial charge >= 0.3 is 0 Å². The maximum absolute atomic E-state index is 12.2. The number of anilines is 1. The zero-order valence-electron chi connectivity index (χ0n) is 8.54. The summed E-state index contributed by atoms with van der Waals surface area (Å²) in [7, 11) is -3.44. The number of aromatic nitrogens is 1. The van der Waals surface area contributed by atoms with E-state index in [1.807, 2.05) is 0 Å². The van der Waals surface area contributed by atoms with Gasteiger partial charge in [-0.05, 0) is 31.2 Å². The van der Waals surface area contributed by atoms with E-state index in [2.05, 4.69) is 4.98 Å². The normalized spacial score (nSPS) is 11.6. The van der Waals surface area contributed by atoms with Gasteiger partial charge in [0.2, 0.25) is 9.84 Å². The molecule has 1 aromatic heterocycles. The van der Waals surface area contributed by atoms with Gasteiger partial charge in [0.15, 0.2) is 0 Å². The first kappa shape index (κ1) is 11.1. The second-order valence-corrected chi connectivity index (χ2v) is 6.30. The molecule has 0 aliphatic rings. The summed E-state index contributed by atoms with van der Waals surface area (Å²) in [5.41, 5.74) is 8.11. The fourth-order valence-corrected chi connectivity index (χ4v) is 3.91. The Labute approximate surface area is 97.7 Å². The molecule has 6 heteroatoms. The number of thiazole rings is 1. The minimum Gasteiger partial charge on any atom is -0.399 e. The number of sulfone groups is 1. The van der Waals surface area contributed by atoms with E-state index in [1.165, 1.54) is 17.6 Å². The van der Waals surface area contributed by atoms with Crippen LogP contribution in [-0.2, 0) is 9.84 Å². The third kappa shape index (κ3) is 1.81. The summed E-state index contributed by atoms with van der Waals surface area (Å²) in [5, 5.41) is 0. The molecule has 0 spiro atoms. The largest absolute Gasteiger partial charge is 0.399 e. The van der Waals surface area contributed by atoms with Crippen LogP contribution in [-0.4, -0.2) is 13.4 Å². The molecule has 0 bridgehead atoms. The van der Waals surface area contributed by atoms with Crippen LogP contribution in [0.15, 0.2) is 38.9 Å². The van der Waals surface area contributed by atoms with Crippen LogP contribution in [0.5, 0.6) is 0 Å². The molecule has 0 saturated heterocycles. The van der Waals surface area contributed by atoms with Gasteiger partial charge in [0.25, 0.3) is 0 Å². The summed E-state index contributed by atoms with van der Waals surface area (Å²) < 4.78 is 24.6. The lowest BCUT2D eigenvalue weighted by Gasteiger charge is -2.02. The summed E-state index contributed by atoms with van der Waals surface area (Å²) in [6, 6.07) is 6.15. The molecule has 0 atom stereocenters. The molecule has 0 aliphatic carbocycles. The number of nitrogens with zero attached hydrogens (tertiary/aromatic N) is 1. The summed E-state index contributed by atoms with van der Waals surface area (Å²) in [4.78, 5) is 4.19. The number of benzene rings is 1. The van der Waals surface area contributed by atoms with Gasteiger partial charge < -0.3 is 5.73 Å². The molecular formula is C10H10N2O2S2. The average Bonchev–Trinajstić information content (AvgIpc) is 2.66. The molecule has 2 N–H and O–H groups in total. The molecule has 0 radical (unpaired) electrons. The highest BCUT2D eigenvalue weighted by atomic mass is 32.2. The van der Waals surface area contributed by atoms with Crippen molar-refractivity contribution in [1.29, 1.82) is 0 Å². The lowest BCUT2D eigenvalue weighted by molar-refractivity contribution is 0.597. The monoisotopic (exact) mass is 254 g/mol. The second kappa shape index (κ2) is 3.88. The Bertz CT molecular complexity index is 600. The second-order valence-electron chi connectivity index (χ2n) is 3.30. The van der Waals surface area contributed by atoms with Crippen molar-refractivity contribution in [2.45, 2.75) is 16.0 Å². The van der Waals surface area contributed by atoms with Crippen molar-refractivity contribution in [3.8, 4) is 0 Å². The number of hydrogen-bond acceptors (Lipinski definition) is 5. The Hall–Kier alpha value is -1.40. The lowest BCUT2D eigenvalue weighted by atomic mass is 10.3. The van der Waals surface area contributed by atoms with E-state index < -0.39 is 9.84 Å². The Morgan fingerprint density at radius 3 is 2.38 bits per heavy atom. The van der Waals surface area contributed by atoms with Crippen molar-refractivity contribution >= 4 is 26.9 Å². The van der Waals surface area contributed by atoms with Crippen LogP contribution >= 0.6 is 11.3 Å². The summed E-state index contributed by atoms with van der Waals surface area (Å²) in [6.07, 6.45) is 0. The van der Waals surface area contributed by atoms with Crippen LogP contribution in [0.4, 0.5) is 5.69 Å². The molecule has 0 aliphatic heterocycles. The first-order valence-corrected chi connectivity index (χ1v) is 6.89. The van der Waals surface area contributed by atoms with Gasteiger partial charge in [0.1, 0.15) is 4.21 Å². The molecule has 0 fully saturated rings. The summed E-state index contributed by atoms with van der Waals surface area (Å²) in [6.45, 7) is 1.68. The molecule has 4 nitrogen and oxygen atoms in total. The quantitative estimate of drug-likeness (QED) is 0.830. The Balaban J connectivity index is 2.56. The molecular weight excluding hydrogens is 244 g/mol. The number of hydrogen-bond donors (Lipinski definition) is 1. The van der Waals surface area contributed by atoms with Crippen molar-refractivity contribution in [3.63, 3.8) is 0 Å². The molecule has 0 unspecified atom stereocenters. The van der Waals surface area contributed by atoms with Crippen molar-refractivity contribution < 1.29 is 8.42 Å². The van der Waals surface area contributed by atoms with Crippen molar-refractivity contribution in [3.05, 3.63) is 35.5 Å². The fraction of sp³-hybridized carbons (Fsp3) is 0.100. The fourth-order valence-electron chi connectivity index (χ4n) is 1.30. The maximum Gasteiger partial charge on any atom is 0.217 e. The Kier molecular flexibility index (Phi) is 2.69. The van der Waals surface area contributed by atoms with Gasteiger partial charge in [-0.3, -0.25) is 0 Å². The smallest absolute Gasteiger partial charge is 0.217 e. The zero-order valence-corrected chi connectivity index (χ0v) is 10.2. The van der Waals surface area contributed by atoms with E-state index >= 15 is 0 Å². The number of aryl methyl sites for hydroxylation is 1. The summed E-state index contributed by atoms with van der Waals surface area (Å²) >= 11 is 1.13. The first-order valence-electron chi connectivity index (χ1n) is 4.52. The van der Waals surface area contributed by atoms with E-state index in [1.54, 1.807) is 19.1 Å². The van der Waals surface area contributed by atoms with E-state index in [0.717, 1.165) is 11.3 Å². The lowest BCUT2D eigenvalue weighted by Crippen LogP contribution is -2.01. The first-order chi connectivity index (χ1) is 7.51. The highest BCUT2D eigenvalue weighted by Gasteiger charge is 2.21. The molecule has 2 aromatic rings. The molecule has 1 aromatic carbocycles. The summed E-state index contributed by atoms with van der Waals surface area (Å²) in [5.74, 6) is 0. The van der Waals surface area contributed by atoms with Gasteiger partial charge in [-0.2, -0.15) is 0 Å². The van der Waals surface area contributed by atoms with Crippen LogP contribution in [0.1, 0.15) is 5.69 Å². The van der Waals surface area contributed by atoms with Gasteiger partial charge in [0, 0.05) is 5.69 Å². The van der Waals surface area contributed by atoms with Gasteiger partial charge in [-0.15, -0.1) is 11.3 Å².